The molecule has 0 amide bonds. The van der Waals surface area contributed by atoms with Crippen LogP contribution in [-0.2, 0) is 29.9 Å². The second kappa shape index (κ2) is 5.98. The monoisotopic (exact) mass is 334 g/mol. The fourth-order valence-electron chi connectivity index (χ4n) is 3.21. The van der Waals surface area contributed by atoms with Gasteiger partial charge < -0.3 is 4.90 Å². The largest absolute Gasteiger partial charge is 0.371 e. The summed E-state index contributed by atoms with van der Waals surface area (Å²) in [5.74, 6) is 0.481. The molecule has 1 aromatic carbocycles. The van der Waals surface area contributed by atoms with Crippen molar-refractivity contribution in [3.63, 3.8) is 0 Å². The van der Waals surface area contributed by atoms with Crippen molar-refractivity contribution in [2.75, 3.05) is 18.0 Å². The Morgan fingerprint density at radius 2 is 2.13 bits per heavy atom. The summed E-state index contributed by atoms with van der Waals surface area (Å²) < 4.78 is 24.8. The Labute approximate surface area is 137 Å². The molecule has 0 fully saturated rings. The van der Waals surface area contributed by atoms with Gasteiger partial charge in [-0.1, -0.05) is 6.92 Å². The minimum absolute atomic E-state index is 0.195. The summed E-state index contributed by atoms with van der Waals surface area (Å²) in [6, 6.07) is 7.22. The van der Waals surface area contributed by atoms with Crippen molar-refractivity contribution in [2.24, 2.45) is 18.1 Å². The maximum Gasteiger partial charge on any atom is 0.238 e. The Hall–Kier alpha value is -1.86. The number of anilines is 1. The maximum atomic E-state index is 11.5. The van der Waals surface area contributed by atoms with E-state index in [0.717, 1.165) is 37.2 Å². The Bertz CT molecular complexity index is 813. The van der Waals surface area contributed by atoms with Gasteiger partial charge in [-0.3, -0.25) is 4.68 Å². The molecule has 6 nitrogen and oxygen atoms in total. The van der Waals surface area contributed by atoms with E-state index in [1.54, 1.807) is 12.1 Å². The van der Waals surface area contributed by atoms with Gasteiger partial charge in [0.15, 0.2) is 0 Å². The van der Waals surface area contributed by atoms with Crippen LogP contribution in [0.1, 0.15) is 18.2 Å². The van der Waals surface area contributed by atoms with Crippen molar-refractivity contribution in [3.05, 3.63) is 41.7 Å². The number of hydrogen-bond donors (Lipinski definition) is 1. The van der Waals surface area contributed by atoms with Crippen molar-refractivity contribution < 1.29 is 8.42 Å². The first-order valence-electron chi connectivity index (χ1n) is 7.72. The first-order valence-corrected chi connectivity index (χ1v) is 9.27. The molecule has 0 spiro atoms. The number of aryl methyl sites for hydroxylation is 1. The highest BCUT2D eigenvalue weighted by molar-refractivity contribution is 7.89. The number of benzene rings is 1. The van der Waals surface area contributed by atoms with Crippen molar-refractivity contribution in [1.29, 1.82) is 0 Å². The number of rotatable bonds is 5. The number of fused-ring (bicyclic) bond motifs is 1. The molecule has 1 atom stereocenters. The summed E-state index contributed by atoms with van der Waals surface area (Å²) in [6.07, 6.45) is 3.65. The van der Waals surface area contributed by atoms with Crippen LogP contribution >= 0.6 is 0 Å². The lowest BCUT2D eigenvalue weighted by Gasteiger charge is -2.24. The van der Waals surface area contributed by atoms with Gasteiger partial charge in [0.1, 0.15) is 0 Å². The summed E-state index contributed by atoms with van der Waals surface area (Å²) in [5, 5.41) is 9.41. The molecule has 3 rings (SSSR count). The zero-order chi connectivity index (χ0) is 16.6. The van der Waals surface area contributed by atoms with Gasteiger partial charge in [0, 0.05) is 37.7 Å². The van der Waals surface area contributed by atoms with E-state index in [-0.39, 0.29) is 4.90 Å². The van der Waals surface area contributed by atoms with Crippen LogP contribution in [0.15, 0.2) is 35.4 Å². The molecule has 0 saturated heterocycles. The van der Waals surface area contributed by atoms with Gasteiger partial charge >= 0.3 is 0 Å². The zero-order valence-electron chi connectivity index (χ0n) is 13.4. The van der Waals surface area contributed by atoms with Gasteiger partial charge in [-0.2, -0.15) is 5.10 Å². The van der Waals surface area contributed by atoms with Crippen molar-refractivity contribution in [1.82, 2.24) is 9.78 Å². The minimum atomic E-state index is -3.63. The fraction of sp³-hybridized carbons (Fsp3) is 0.438. The SMILES string of the molecule is CC(Cc1ccnn1C)CN1CCc2cc(S(N)(=O)=O)ccc21. The van der Waals surface area contributed by atoms with Crippen molar-refractivity contribution in [3.8, 4) is 0 Å². The lowest BCUT2D eigenvalue weighted by molar-refractivity contribution is 0.539. The Morgan fingerprint density at radius 3 is 2.78 bits per heavy atom. The molecule has 23 heavy (non-hydrogen) atoms. The predicted octanol–water partition coefficient (Wildman–Crippen LogP) is 1.31. The molecule has 0 saturated carbocycles. The molecule has 2 aromatic rings. The lowest BCUT2D eigenvalue weighted by atomic mass is 10.0. The number of hydrogen-bond acceptors (Lipinski definition) is 4. The third kappa shape index (κ3) is 3.40. The highest BCUT2D eigenvalue weighted by atomic mass is 32.2. The first-order chi connectivity index (χ1) is 10.8. The number of sulfonamides is 1. The third-order valence-corrected chi connectivity index (χ3v) is 5.29. The molecule has 2 N–H and O–H groups in total. The van der Waals surface area contributed by atoms with Crippen LogP contribution < -0.4 is 10.0 Å². The van der Waals surface area contributed by atoms with E-state index in [1.165, 1.54) is 5.69 Å². The van der Waals surface area contributed by atoms with Gasteiger partial charge in [0.2, 0.25) is 10.0 Å². The summed E-state index contributed by atoms with van der Waals surface area (Å²) in [7, 11) is -1.67. The zero-order valence-corrected chi connectivity index (χ0v) is 14.3. The van der Waals surface area contributed by atoms with Crippen LogP contribution in [0.25, 0.3) is 0 Å². The fourth-order valence-corrected chi connectivity index (χ4v) is 3.78. The lowest BCUT2D eigenvalue weighted by Crippen LogP contribution is -2.27. The molecule has 0 aliphatic carbocycles. The average molecular weight is 334 g/mol. The van der Waals surface area contributed by atoms with Crippen LogP contribution in [0.3, 0.4) is 0 Å². The predicted molar refractivity (Wildman–Crippen MR) is 89.8 cm³/mol. The van der Waals surface area contributed by atoms with Crippen molar-refractivity contribution in [2.45, 2.75) is 24.7 Å². The third-order valence-electron chi connectivity index (χ3n) is 4.38. The standard InChI is InChI=1S/C16H22N4O2S/c1-12(9-14-5-7-18-19(14)2)11-20-8-6-13-10-15(23(17,21)22)3-4-16(13)20/h3-5,7,10,12H,6,8-9,11H2,1-2H3,(H2,17,21,22). The van der Waals surface area contributed by atoms with Gasteiger partial charge in [-0.15, -0.1) is 0 Å². The highest BCUT2D eigenvalue weighted by Crippen LogP contribution is 2.30. The van der Waals surface area contributed by atoms with Crippen LogP contribution in [-0.4, -0.2) is 31.3 Å². The van der Waals surface area contributed by atoms with E-state index < -0.39 is 10.0 Å². The summed E-state index contributed by atoms with van der Waals surface area (Å²) >= 11 is 0. The molecule has 1 aromatic heterocycles. The van der Waals surface area contributed by atoms with Crippen LogP contribution in [0, 0.1) is 5.92 Å². The second-order valence-electron chi connectivity index (χ2n) is 6.29. The molecule has 0 bridgehead atoms. The quantitative estimate of drug-likeness (QED) is 0.894. The first kappa shape index (κ1) is 16.0. The van der Waals surface area contributed by atoms with Gasteiger partial charge in [-0.25, -0.2) is 13.6 Å². The number of nitrogens with two attached hydrogens (primary N) is 1. The maximum absolute atomic E-state index is 11.5. The molecule has 1 aliphatic rings. The molecule has 7 heteroatoms. The Balaban J connectivity index is 1.71. The van der Waals surface area contributed by atoms with E-state index >= 15 is 0 Å². The number of nitrogens with zero attached hydrogens (tertiary/aromatic N) is 3. The van der Waals surface area contributed by atoms with Crippen LogP contribution in [0.4, 0.5) is 5.69 Å². The number of aromatic nitrogens is 2. The van der Waals surface area contributed by atoms with E-state index in [0.29, 0.717) is 5.92 Å². The summed E-state index contributed by atoms with van der Waals surface area (Å²) in [5.41, 5.74) is 3.40. The van der Waals surface area contributed by atoms with Gasteiger partial charge in [-0.05, 0) is 48.6 Å². The molecule has 124 valence electrons. The Morgan fingerprint density at radius 1 is 1.35 bits per heavy atom. The summed E-state index contributed by atoms with van der Waals surface area (Å²) in [4.78, 5) is 2.52. The van der Waals surface area contributed by atoms with Crippen LogP contribution in [0.2, 0.25) is 0 Å². The van der Waals surface area contributed by atoms with Gasteiger partial charge in [0.25, 0.3) is 0 Å². The number of primary sulfonamides is 1. The van der Waals surface area contributed by atoms with E-state index in [1.807, 2.05) is 30.1 Å². The highest BCUT2D eigenvalue weighted by Gasteiger charge is 2.23. The van der Waals surface area contributed by atoms with E-state index in [2.05, 4.69) is 16.9 Å². The smallest absolute Gasteiger partial charge is 0.238 e. The minimum Gasteiger partial charge on any atom is -0.371 e. The van der Waals surface area contributed by atoms with Crippen molar-refractivity contribution >= 4 is 15.7 Å². The molecular weight excluding hydrogens is 312 g/mol. The van der Waals surface area contributed by atoms with E-state index in [4.69, 9.17) is 5.14 Å². The second-order valence-corrected chi connectivity index (χ2v) is 7.85. The molecule has 0 radical (unpaired) electrons. The topological polar surface area (TPSA) is 81.2 Å². The van der Waals surface area contributed by atoms with E-state index in [9.17, 15) is 8.42 Å². The normalized spacial score (nSPS) is 15.7. The molecule has 2 heterocycles. The van der Waals surface area contributed by atoms with Gasteiger partial charge in [0.05, 0.1) is 4.90 Å². The average Bonchev–Trinajstić information content (AvgIpc) is 3.05. The summed E-state index contributed by atoms with van der Waals surface area (Å²) in [6.45, 7) is 4.08. The van der Waals surface area contributed by atoms with Crippen LogP contribution in [0.5, 0.6) is 0 Å². The molecule has 1 unspecified atom stereocenters. The molecule has 1 aliphatic heterocycles. The Kier molecular flexibility index (Phi) is 4.16. The molecular formula is C16H22N4O2S.